The smallest absolute Gasteiger partial charge is 0.290 e. The van der Waals surface area contributed by atoms with Gasteiger partial charge in [0, 0.05) is 24.8 Å². The minimum Gasteiger partial charge on any atom is -0.483 e. The number of piperidine rings is 1. The largest absolute Gasteiger partial charge is 0.483 e. The predicted octanol–water partition coefficient (Wildman–Crippen LogP) is 1.80. The van der Waals surface area contributed by atoms with Crippen molar-refractivity contribution in [1.29, 1.82) is 0 Å². The van der Waals surface area contributed by atoms with E-state index in [-0.39, 0.29) is 12.4 Å². The zero-order valence-electron chi connectivity index (χ0n) is 16.3. The summed E-state index contributed by atoms with van der Waals surface area (Å²) in [7, 11) is 0. The topological polar surface area (TPSA) is 121 Å². The summed E-state index contributed by atoms with van der Waals surface area (Å²) in [5.74, 6) is 1.98. The Morgan fingerprint density at radius 3 is 2.68 bits per heavy atom. The van der Waals surface area contributed by atoms with Crippen LogP contribution in [0.15, 0.2) is 9.93 Å². The Morgan fingerprint density at radius 2 is 2.11 bits per heavy atom. The number of hydrogen-bond acceptors (Lipinski definition) is 8. The van der Waals surface area contributed by atoms with E-state index in [4.69, 9.17) is 14.3 Å². The lowest BCUT2D eigenvalue weighted by molar-refractivity contribution is -0.123. The molecule has 0 unspecified atom stereocenters. The molecule has 3 heterocycles. The summed E-state index contributed by atoms with van der Waals surface area (Å²) in [4.78, 5) is 28.2. The fourth-order valence-corrected chi connectivity index (χ4v) is 3.86. The molecule has 0 saturated carbocycles. The molecule has 1 aliphatic rings. The van der Waals surface area contributed by atoms with Gasteiger partial charge in [0.25, 0.3) is 6.47 Å². The molecular formula is C18H27N5O4S. The maximum absolute atomic E-state index is 12.0. The molecule has 28 heavy (non-hydrogen) atoms. The minimum atomic E-state index is -0.250. The third-order valence-electron chi connectivity index (χ3n) is 4.65. The Kier molecular flexibility index (Phi) is 9.02. The van der Waals surface area contributed by atoms with E-state index in [2.05, 4.69) is 25.4 Å². The number of amides is 1. The Bertz CT molecular complexity index is 740. The van der Waals surface area contributed by atoms with Gasteiger partial charge in [-0.25, -0.2) is 4.98 Å². The van der Waals surface area contributed by atoms with E-state index in [1.54, 1.807) is 11.3 Å². The molecule has 0 aliphatic carbocycles. The van der Waals surface area contributed by atoms with Gasteiger partial charge in [-0.15, -0.1) is 21.5 Å². The van der Waals surface area contributed by atoms with Gasteiger partial charge in [-0.2, -0.15) is 0 Å². The number of hydrogen-bond donors (Lipinski definition) is 2. The van der Waals surface area contributed by atoms with E-state index < -0.39 is 0 Å². The van der Waals surface area contributed by atoms with Crippen LogP contribution in [0.25, 0.3) is 0 Å². The second-order valence-electron chi connectivity index (χ2n) is 6.70. The number of thiazole rings is 1. The molecule has 3 rings (SSSR count). The van der Waals surface area contributed by atoms with Crippen LogP contribution in [0, 0.1) is 19.8 Å². The summed E-state index contributed by atoms with van der Waals surface area (Å²) in [5, 5.41) is 17.9. The maximum Gasteiger partial charge on any atom is 0.290 e. The Balaban J connectivity index is 0.000000878. The van der Waals surface area contributed by atoms with Gasteiger partial charge in [-0.3, -0.25) is 14.5 Å². The first-order valence-corrected chi connectivity index (χ1v) is 10.1. The molecule has 0 radical (unpaired) electrons. The molecule has 154 valence electrons. The number of likely N-dealkylation sites (tertiary alicyclic amines) is 1. The summed E-state index contributed by atoms with van der Waals surface area (Å²) in [6.07, 6.45) is 3.49. The normalized spacial score (nSPS) is 14.9. The minimum absolute atomic E-state index is 0.136. The van der Waals surface area contributed by atoms with Gasteiger partial charge in [-0.05, 0) is 45.2 Å². The Hall–Kier alpha value is -2.33. The Morgan fingerprint density at radius 1 is 1.39 bits per heavy atom. The molecule has 0 spiro atoms. The van der Waals surface area contributed by atoms with Crippen LogP contribution in [-0.2, 0) is 22.6 Å². The van der Waals surface area contributed by atoms with Crippen LogP contribution in [0.1, 0.15) is 41.6 Å². The lowest BCUT2D eigenvalue weighted by Gasteiger charge is -2.31. The molecule has 2 aromatic rings. The highest BCUT2D eigenvalue weighted by molar-refractivity contribution is 7.09. The van der Waals surface area contributed by atoms with Crippen molar-refractivity contribution >= 4 is 23.7 Å². The van der Waals surface area contributed by atoms with E-state index >= 15 is 0 Å². The summed E-state index contributed by atoms with van der Waals surface area (Å²) in [6, 6.07) is 0. The number of aromatic nitrogens is 3. The van der Waals surface area contributed by atoms with Crippen LogP contribution in [-0.4, -0.2) is 57.2 Å². The fourth-order valence-electron chi connectivity index (χ4n) is 3.08. The number of nitrogens with one attached hydrogen (secondary N) is 1. The zero-order valence-corrected chi connectivity index (χ0v) is 17.1. The maximum atomic E-state index is 12.0. The second-order valence-corrected chi connectivity index (χ2v) is 7.64. The van der Waals surface area contributed by atoms with Gasteiger partial charge in [0.2, 0.25) is 17.7 Å². The molecule has 0 aromatic carbocycles. The molecule has 10 heteroatoms. The second kappa shape index (κ2) is 11.5. The number of carbonyl (C=O) groups excluding carboxylic acids is 1. The van der Waals surface area contributed by atoms with Crippen LogP contribution in [0.2, 0.25) is 0 Å². The predicted molar refractivity (Wildman–Crippen MR) is 104 cm³/mol. The molecular weight excluding hydrogens is 382 g/mol. The molecule has 0 atom stereocenters. The highest BCUT2D eigenvalue weighted by Crippen LogP contribution is 2.18. The lowest BCUT2D eigenvalue weighted by atomic mass is 9.96. The number of rotatable bonds is 7. The van der Waals surface area contributed by atoms with Gasteiger partial charge >= 0.3 is 0 Å². The van der Waals surface area contributed by atoms with Gasteiger partial charge in [0.1, 0.15) is 0 Å². The van der Waals surface area contributed by atoms with Gasteiger partial charge in [0.15, 0.2) is 0 Å². The van der Waals surface area contributed by atoms with Crippen LogP contribution >= 0.6 is 11.3 Å². The van der Waals surface area contributed by atoms with E-state index in [1.807, 2.05) is 19.4 Å². The highest BCUT2D eigenvalue weighted by Gasteiger charge is 2.21. The molecule has 9 nitrogen and oxygen atoms in total. The van der Waals surface area contributed by atoms with Crippen molar-refractivity contribution in [1.82, 2.24) is 25.4 Å². The first kappa shape index (κ1) is 22.0. The van der Waals surface area contributed by atoms with Crippen molar-refractivity contribution in [2.24, 2.45) is 5.92 Å². The summed E-state index contributed by atoms with van der Waals surface area (Å²) < 4.78 is 5.43. The van der Waals surface area contributed by atoms with E-state index in [1.165, 1.54) is 4.88 Å². The lowest BCUT2D eigenvalue weighted by Crippen LogP contribution is -2.38. The van der Waals surface area contributed by atoms with Gasteiger partial charge in [-0.1, -0.05) is 0 Å². The first-order chi connectivity index (χ1) is 13.5. The van der Waals surface area contributed by atoms with E-state index in [0.29, 0.717) is 30.7 Å². The zero-order chi connectivity index (χ0) is 20.4. The van der Waals surface area contributed by atoms with Crippen molar-refractivity contribution in [3.8, 4) is 0 Å². The van der Waals surface area contributed by atoms with Crippen molar-refractivity contribution in [2.75, 3.05) is 19.6 Å². The van der Waals surface area contributed by atoms with Crippen molar-refractivity contribution < 1.29 is 19.1 Å². The van der Waals surface area contributed by atoms with Gasteiger partial charge < -0.3 is 14.8 Å². The molecule has 1 saturated heterocycles. The summed E-state index contributed by atoms with van der Waals surface area (Å²) in [6.45, 7) is 7.04. The van der Waals surface area contributed by atoms with E-state index in [9.17, 15) is 4.79 Å². The summed E-state index contributed by atoms with van der Waals surface area (Å²) in [5.41, 5.74) is 2.88. The number of aryl methyl sites for hydroxylation is 3. The van der Waals surface area contributed by atoms with E-state index in [0.717, 1.165) is 44.6 Å². The molecule has 1 amide bonds. The van der Waals surface area contributed by atoms with Gasteiger partial charge in [0.05, 0.1) is 17.7 Å². The number of carboxylic acid groups (broad SMARTS) is 1. The Labute approximate surface area is 168 Å². The van der Waals surface area contributed by atoms with Crippen LogP contribution < -0.4 is 5.32 Å². The van der Waals surface area contributed by atoms with Crippen LogP contribution in [0.5, 0.6) is 0 Å². The third-order valence-corrected chi connectivity index (χ3v) is 5.64. The highest BCUT2D eigenvalue weighted by atomic mass is 32.1. The molecule has 0 bridgehead atoms. The molecule has 2 aromatic heterocycles. The third kappa shape index (κ3) is 7.35. The fraction of sp³-hybridized carbons (Fsp3) is 0.611. The average Bonchev–Trinajstić information content (AvgIpc) is 3.28. The number of nitrogens with zero attached hydrogens (tertiary/aromatic N) is 4. The summed E-state index contributed by atoms with van der Waals surface area (Å²) >= 11 is 1.63. The standard InChI is InChI=1S/C17H25N5O2S.CH2O2/c1-12-15(25-11-19-12)3-4-16(23)18-9-14-5-7-22(8-6-14)10-17-21-20-13(2)24-17;2-1-3/h11,14H,3-10H2,1-2H3,(H,18,23);1H,(H,2,3). The van der Waals surface area contributed by atoms with Crippen molar-refractivity contribution in [2.45, 2.75) is 46.1 Å². The molecule has 1 aliphatic heterocycles. The average molecular weight is 410 g/mol. The van der Waals surface area contributed by atoms with Crippen molar-refractivity contribution in [3.05, 3.63) is 27.9 Å². The SMILES string of the molecule is Cc1nnc(CN2CCC(CNC(=O)CCc3scnc3C)CC2)o1.O=CO. The first-order valence-electron chi connectivity index (χ1n) is 9.26. The molecule has 2 N–H and O–H groups in total. The van der Waals surface area contributed by atoms with Crippen molar-refractivity contribution in [3.63, 3.8) is 0 Å². The molecule has 1 fully saturated rings. The van der Waals surface area contributed by atoms with Crippen LogP contribution in [0.4, 0.5) is 0 Å². The monoisotopic (exact) mass is 409 g/mol. The van der Waals surface area contributed by atoms with Crippen LogP contribution in [0.3, 0.4) is 0 Å². The quantitative estimate of drug-likeness (QED) is 0.664. The number of carbonyl (C=O) groups is 2.